The summed E-state index contributed by atoms with van der Waals surface area (Å²) in [7, 11) is 0. The highest BCUT2D eigenvalue weighted by atomic mass is 32.2. The van der Waals surface area contributed by atoms with Crippen LogP contribution in [0.4, 0.5) is 11.6 Å². The van der Waals surface area contributed by atoms with Crippen molar-refractivity contribution < 1.29 is 9.90 Å². The van der Waals surface area contributed by atoms with Gasteiger partial charge in [0, 0.05) is 18.6 Å². The van der Waals surface area contributed by atoms with Crippen LogP contribution in [0.5, 0.6) is 0 Å². The van der Waals surface area contributed by atoms with Crippen LogP contribution in [-0.2, 0) is 4.79 Å². The lowest BCUT2D eigenvalue weighted by molar-refractivity contribution is -0.133. The zero-order valence-electron chi connectivity index (χ0n) is 9.28. The van der Waals surface area contributed by atoms with Crippen molar-refractivity contribution in [1.29, 1.82) is 0 Å². The molecule has 0 saturated heterocycles. The smallest absolute Gasteiger partial charge is 0.313 e. The SMILES string of the molecule is O=C(O)CSc1ncccc1Nc1ncccn1. The molecule has 2 aromatic heterocycles. The van der Waals surface area contributed by atoms with Gasteiger partial charge >= 0.3 is 5.97 Å². The van der Waals surface area contributed by atoms with Gasteiger partial charge in [-0.3, -0.25) is 4.79 Å². The van der Waals surface area contributed by atoms with Gasteiger partial charge in [-0.1, -0.05) is 11.8 Å². The van der Waals surface area contributed by atoms with E-state index in [2.05, 4.69) is 20.3 Å². The molecule has 0 saturated carbocycles. The maximum Gasteiger partial charge on any atom is 0.313 e. The summed E-state index contributed by atoms with van der Waals surface area (Å²) in [6.45, 7) is 0. The zero-order valence-corrected chi connectivity index (χ0v) is 10.1. The van der Waals surface area contributed by atoms with Crippen LogP contribution in [0, 0.1) is 0 Å². The van der Waals surface area contributed by atoms with E-state index in [9.17, 15) is 4.79 Å². The molecule has 0 atom stereocenters. The average molecular weight is 262 g/mol. The van der Waals surface area contributed by atoms with E-state index < -0.39 is 5.97 Å². The number of aromatic nitrogens is 3. The quantitative estimate of drug-likeness (QED) is 0.794. The lowest BCUT2D eigenvalue weighted by atomic mass is 10.4. The van der Waals surface area contributed by atoms with Gasteiger partial charge in [-0.05, 0) is 18.2 Å². The Balaban J connectivity index is 2.14. The lowest BCUT2D eigenvalue weighted by Gasteiger charge is -2.08. The Morgan fingerprint density at radius 3 is 2.67 bits per heavy atom. The van der Waals surface area contributed by atoms with E-state index in [4.69, 9.17) is 5.11 Å². The molecule has 0 unspecified atom stereocenters. The minimum absolute atomic E-state index is 0.0403. The maximum absolute atomic E-state index is 10.5. The third-order valence-electron chi connectivity index (χ3n) is 1.92. The van der Waals surface area contributed by atoms with E-state index >= 15 is 0 Å². The van der Waals surface area contributed by atoms with Crippen LogP contribution in [-0.4, -0.2) is 31.8 Å². The van der Waals surface area contributed by atoms with Crippen molar-refractivity contribution in [3.63, 3.8) is 0 Å². The van der Waals surface area contributed by atoms with Crippen molar-refractivity contribution in [2.24, 2.45) is 0 Å². The minimum atomic E-state index is -0.882. The number of hydrogen-bond donors (Lipinski definition) is 2. The number of thioether (sulfide) groups is 1. The summed E-state index contributed by atoms with van der Waals surface area (Å²) >= 11 is 1.15. The van der Waals surface area contributed by atoms with Crippen molar-refractivity contribution in [1.82, 2.24) is 15.0 Å². The molecule has 6 nitrogen and oxygen atoms in total. The van der Waals surface area contributed by atoms with Crippen LogP contribution >= 0.6 is 11.8 Å². The predicted octanol–water partition coefficient (Wildman–Crippen LogP) is 1.79. The number of nitrogens with zero attached hydrogens (tertiary/aromatic N) is 3. The molecule has 0 aliphatic carbocycles. The number of anilines is 2. The van der Waals surface area contributed by atoms with Crippen molar-refractivity contribution in [2.45, 2.75) is 5.03 Å². The van der Waals surface area contributed by atoms with Crippen LogP contribution in [0.2, 0.25) is 0 Å². The van der Waals surface area contributed by atoms with Gasteiger partial charge in [-0.2, -0.15) is 0 Å². The van der Waals surface area contributed by atoms with E-state index in [1.807, 2.05) is 0 Å². The molecular weight excluding hydrogens is 252 g/mol. The molecule has 0 spiro atoms. The van der Waals surface area contributed by atoms with Gasteiger partial charge in [0.05, 0.1) is 11.4 Å². The first kappa shape index (κ1) is 12.3. The Morgan fingerprint density at radius 1 is 1.22 bits per heavy atom. The fourth-order valence-electron chi connectivity index (χ4n) is 1.22. The molecule has 0 aliphatic rings. The standard InChI is InChI=1S/C11H10N4O2S/c16-9(17)7-18-10-8(3-1-4-12-10)15-11-13-5-2-6-14-11/h1-6H,7H2,(H,16,17)(H,13,14,15). The van der Waals surface area contributed by atoms with E-state index in [1.165, 1.54) is 0 Å². The molecule has 2 aromatic rings. The van der Waals surface area contributed by atoms with Gasteiger partial charge in [-0.15, -0.1) is 0 Å². The topological polar surface area (TPSA) is 88.0 Å². The van der Waals surface area contributed by atoms with Gasteiger partial charge in [-0.25, -0.2) is 15.0 Å². The molecule has 0 radical (unpaired) electrons. The highest BCUT2D eigenvalue weighted by molar-refractivity contribution is 8.00. The third kappa shape index (κ3) is 3.42. The summed E-state index contributed by atoms with van der Waals surface area (Å²) in [5.41, 5.74) is 0.690. The highest BCUT2D eigenvalue weighted by Gasteiger charge is 2.07. The number of carboxylic acid groups (broad SMARTS) is 1. The van der Waals surface area contributed by atoms with Gasteiger partial charge in [0.15, 0.2) is 0 Å². The van der Waals surface area contributed by atoms with Crippen molar-refractivity contribution in [3.8, 4) is 0 Å². The summed E-state index contributed by atoms with van der Waals surface area (Å²) in [5, 5.41) is 12.3. The largest absolute Gasteiger partial charge is 0.481 e. The fourth-order valence-corrected chi connectivity index (χ4v) is 1.89. The van der Waals surface area contributed by atoms with E-state index in [0.717, 1.165) is 11.8 Å². The van der Waals surface area contributed by atoms with E-state index in [-0.39, 0.29) is 5.75 Å². The second-order valence-electron chi connectivity index (χ2n) is 3.24. The minimum Gasteiger partial charge on any atom is -0.481 e. The molecule has 2 heterocycles. The average Bonchev–Trinajstić information content (AvgIpc) is 2.39. The summed E-state index contributed by atoms with van der Waals surface area (Å²) < 4.78 is 0. The molecule has 18 heavy (non-hydrogen) atoms. The number of nitrogens with one attached hydrogen (secondary N) is 1. The molecular formula is C11H10N4O2S. The number of hydrogen-bond acceptors (Lipinski definition) is 6. The Hall–Kier alpha value is -2.15. The first-order valence-electron chi connectivity index (χ1n) is 5.09. The van der Waals surface area contributed by atoms with Crippen LogP contribution in [0.3, 0.4) is 0 Å². The molecule has 2 rings (SSSR count). The Bertz CT molecular complexity index is 536. The molecule has 7 heteroatoms. The van der Waals surface area contributed by atoms with E-state index in [1.54, 1.807) is 36.8 Å². The summed E-state index contributed by atoms with van der Waals surface area (Å²) in [6, 6.07) is 5.28. The van der Waals surface area contributed by atoms with Crippen molar-refractivity contribution in [2.75, 3.05) is 11.1 Å². The summed E-state index contributed by atoms with van der Waals surface area (Å²) in [6.07, 6.45) is 4.85. The zero-order chi connectivity index (χ0) is 12.8. The molecule has 0 aliphatic heterocycles. The molecule has 0 aromatic carbocycles. The number of carboxylic acids is 1. The molecule has 0 fully saturated rings. The third-order valence-corrected chi connectivity index (χ3v) is 2.91. The Kier molecular flexibility index (Phi) is 4.08. The van der Waals surface area contributed by atoms with E-state index in [0.29, 0.717) is 16.7 Å². The maximum atomic E-state index is 10.5. The first-order valence-corrected chi connectivity index (χ1v) is 6.08. The van der Waals surface area contributed by atoms with Crippen LogP contribution in [0.15, 0.2) is 41.8 Å². The molecule has 0 amide bonds. The highest BCUT2D eigenvalue weighted by Crippen LogP contribution is 2.25. The first-order chi connectivity index (χ1) is 8.75. The van der Waals surface area contributed by atoms with Gasteiger partial charge < -0.3 is 10.4 Å². The number of rotatable bonds is 5. The lowest BCUT2D eigenvalue weighted by Crippen LogP contribution is -2.01. The van der Waals surface area contributed by atoms with Crippen molar-refractivity contribution in [3.05, 3.63) is 36.8 Å². The normalized spacial score (nSPS) is 10.0. The summed E-state index contributed by atoms with van der Waals surface area (Å²) in [5.74, 6) is -0.475. The van der Waals surface area contributed by atoms with Crippen LogP contribution in [0.1, 0.15) is 0 Å². The second-order valence-corrected chi connectivity index (χ2v) is 4.20. The fraction of sp³-hybridized carbons (Fsp3) is 0.0909. The monoisotopic (exact) mass is 262 g/mol. The molecule has 0 bridgehead atoms. The van der Waals surface area contributed by atoms with Gasteiger partial charge in [0.2, 0.25) is 5.95 Å². The van der Waals surface area contributed by atoms with Crippen LogP contribution in [0.25, 0.3) is 0 Å². The Morgan fingerprint density at radius 2 is 1.94 bits per heavy atom. The molecule has 2 N–H and O–H groups in total. The number of carbonyl (C=O) groups is 1. The second kappa shape index (κ2) is 5.97. The van der Waals surface area contributed by atoms with Gasteiger partial charge in [0.25, 0.3) is 0 Å². The summed E-state index contributed by atoms with van der Waals surface area (Å²) in [4.78, 5) is 22.7. The van der Waals surface area contributed by atoms with Crippen LogP contribution < -0.4 is 5.32 Å². The molecule has 92 valence electrons. The Labute approximate surface area is 108 Å². The van der Waals surface area contributed by atoms with Crippen molar-refractivity contribution >= 4 is 29.4 Å². The van der Waals surface area contributed by atoms with Gasteiger partial charge in [0.1, 0.15) is 5.03 Å². The number of aliphatic carboxylic acids is 1. The number of pyridine rings is 1. The predicted molar refractivity (Wildman–Crippen MR) is 67.9 cm³/mol.